The molecule has 2 aromatic rings. The van der Waals surface area contributed by atoms with E-state index in [0.29, 0.717) is 18.1 Å². The van der Waals surface area contributed by atoms with Crippen LogP contribution in [0.2, 0.25) is 0 Å². The van der Waals surface area contributed by atoms with E-state index in [1.165, 1.54) is 24.9 Å². The smallest absolute Gasteiger partial charge is 0.358 e. The predicted octanol–water partition coefficient (Wildman–Crippen LogP) is 1.16. The molecule has 0 aliphatic carbocycles. The Morgan fingerprint density at radius 3 is 2.65 bits per heavy atom. The lowest BCUT2D eigenvalue weighted by Gasteiger charge is -2.16. The highest BCUT2D eigenvalue weighted by Gasteiger charge is 2.16. The van der Waals surface area contributed by atoms with Gasteiger partial charge in [-0.1, -0.05) is 0 Å². The second kappa shape index (κ2) is 5.91. The molecule has 20 heavy (non-hydrogen) atoms. The van der Waals surface area contributed by atoms with Crippen molar-refractivity contribution >= 4 is 23.3 Å². The van der Waals surface area contributed by atoms with Crippen LogP contribution in [0.1, 0.15) is 17.4 Å². The number of hydrogen-bond donors (Lipinski definition) is 2. The summed E-state index contributed by atoms with van der Waals surface area (Å²) in [6.45, 7) is 2.64. The van der Waals surface area contributed by atoms with Crippen LogP contribution in [0.15, 0.2) is 24.9 Å². The number of carboxylic acid groups (broad SMARTS) is 1. The predicted molar refractivity (Wildman–Crippen MR) is 73.3 cm³/mol. The molecule has 0 atom stereocenters. The Bertz CT molecular complexity index is 604. The number of anilines is 3. The summed E-state index contributed by atoms with van der Waals surface area (Å²) in [4.78, 5) is 29.0. The van der Waals surface area contributed by atoms with E-state index in [4.69, 9.17) is 0 Å². The molecule has 0 radical (unpaired) electrons. The van der Waals surface area contributed by atoms with Crippen molar-refractivity contribution in [1.82, 2.24) is 19.9 Å². The van der Waals surface area contributed by atoms with Gasteiger partial charge in [0.1, 0.15) is 12.1 Å². The standard InChI is InChI=1S/C12H14N6O2/c1-3-18(2)9-6-15-11(10(17-9)12(19)20)16-8-4-13-7-14-5-8/h4-7H,3H2,1-2H3,(H,15,16)(H,19,20). The third-order valence-corrected chi connectivity index (χ3v) is 2.65. The minimum atomic E-state index is -1.15. The first-order valence-corrected chi connectivity index (χ1v) is 5.95. The van der Waals surface area contributed by atoms with E-state index in [1.54, 1.807) is 4.90 Å². The molecule has 0 unspecified atom stereocenters. The van der Waals surface area contributed by atoms with Crippen molar-refractivity contribution in [2.24, 2.45) is 0 Å². The second-order valence-electron chi connectivity index (χ2n) is 4.00. The summed E-state index contributed by atoms with van der Waals surface area (Å²) >= 11 is 0. The molecule has 104 valence electrons. The molecule has 0 aliphatic heterocycles. The molecule has 0 fully saturated rings. The van der Waals surface area contributed by atoms with Crippen molar-refractivity contribution < 1.29 is 9.90 Å². The van der Waals surface area contributed by atoms with Crippen molar-refractivity contribution in [1.29, 1.82) is 0 Å². The van der Waals surface area contributed by atoms with Crippen LogP contribution in [-0.4, -0.2) is 44.6 Å². The van der Waals surface area contributed by atoms with Gasteiger partial charge < -0.3 is 15.3 Å². The molecule has 8 heteroatoms. The highest BCUT2D eigenvalue weighted by Crippen LogP contribution is 2.19. The fourth-order valence-corrected chi connectivity index (χ4v) is 1.47. The lowest BCUT2D eigenvalue weighted by Crippen LogP contribution is -2.19. The number of hydrogen-bond acceptors (Lipinski definition) is 7. The zero-order valence-electron chi connectivity index (χ0n) is 11.1. The first-order chi connectivity index (χ1) is 9.61. The van der Waals surface area contributed by atoms with Gasteiger partial charge in [-0.15, -0.1) is 0 Å². The van der Waals surface area contributed by atoms with Crippen LogP contribution in [0.25, 0.3) is 0 Å². The summed E-state index contributed by atoms with van der Waals surface area (Å²) in [7, 11) is 1.81. The maximum Gasteiger partial charge on any atom is 0.358 e. The molecular formula is C12H14N6O2. The van der Waals surface area contributed by atoms with Gasteiger partial charge in [0.25, 0.3) is 0 Å². The van der Waals surface area contributed by atoms with E-state index < -0.39 is 5.97 Å². The molecule has 0 saturated carbocycles. The largest absolute Gasteiger partial charge is 0.476 e. The molecular weight excluding hydrogens is 260 g/mol. The molecule has 8 nitrogen and oxygen atoms in total. The van der Waals surface area contributed by atoms with E-state index in [9.17, 15) is 9.90 Å². The monoisotopic (exact) mass is 274 g/mol. The third-order valence-electron chi connectivity index (χ3n) is 2.65. The van der Waals surface area contributed by atoms with Crippen LogP contribution in [0.4, 0.5) is 17.3 Å². The fourth-order valence-electron chi connectivity index (χ4n) is 1.47. The fraction of sp³-hybridized carbons (Fsp3) is 0.250. The Hall–Kier alpha value is -2.77. The van der Waals surface area contributed by atoms with Gasteiger partial charge in [0, 0.05) is 13.6 Å². The number of nitrogens with zero attached hydrogens (tertiary/aromatic N) is 5. The van der Waals surface area contributed by atoms with Crippen LogP contribution in [-0.2, 0) is 0 Å². The molecule has 0 spiro atoms. The quantitative estimate of drug-likeness (QED) is 0.837. The van der Waals surface area contributed by atoms with Gasteiger partial charge in [0.05, 0.1) is 24.3 Å². The Morgan fingerprint density at radius 2 is 2.05 bits per heavy atom. The normalized spacial score (nSPS) is 10.1. The third kappa shape index (κ3) is 2.97. The molecule has 0 aliphatic rings. The highest BCUT2D eigenvalue weighted by molar-refractivity contribution is 5.92. The summed E-state index contributed by atoms with van der Waals surface area (Å²) in [5.41, 5.74) is 0.396. The van der Waals surface area contributed by atoms with Crippen LogP contribution in [0.5, 0.6) is 0 Å². The first-order valence-electron chi connectivity index (χ1n) is 5.95. The number of nitrogens with one attached hydrogen (secondary N) is 1. The number of carbonyl (C=O) groups is 1. The molecule has 0 bridgehead atoms. The molecule has 2 N–H and O–H groups in total. The lowest BCUT2D eigenvalue weighted by atomic mass is 10.3. The number of carboxylic acids is 1. The zero-order chi connectivity index (χ0) is 14.5. The summed E-state index contributed by atoms with van der Waals surface area (Å²) in [6, 6.07) is 0. The summed E-state index contributed by atoms with van der Waals surface area (Å²) in [6.07, 6.45) is 5.94. The summed E-state index contributed by atoms with van der Waals surface area (Å²) in [5, 5.41) is 12.1. The van der Waals surface area contributed by atoms with Crippen LogP contribution in [0.3, 0.4) is 0 Å². The molecule has 0 saturated heterocycles. The van der Waals surface area contributed by atoms with E-state index in [-0.39, 0.29) is 11.5 Å². The van der Waals surface area contributed by atoms with Crippen LogP contribution in [0, 0.1) is 0 Å². The number of rotatable bonds is 5. The second-order valence-corrected chi connectivity index (χ2v) is 4.00. The molecule has 2 rings (SSSR count). The minimum absolute atomic E-state index is 0.147. The Kier molecular flexibility index (Phi) is 4.04. The van der Waals surface area contributed by atoms with Gasteiger partial charge >= 0.3 is 5.97 Å². The molecule has 2 heterocycles. The van der Waals surface area contributed by atoms with Gasteiger partial charge in [0.2, 0.25) is 0 Å². The van der Waals surface area contributed by atoms with Gasteiger partial charge in [-0.25, -0.2) is 24.7 Å². The Labute approximate surface area is 115 Å². The highest BCUT2D eigenvalue weighted by atomic mass is 16.4. The van der Waals surface area contributed by atoms with Gasteiger partial charge in [0.15, 0.2) is 11.5 Å². The maximum atomic E-state index is 11.3. The Balaban J connectivity index is 2.35. The van der Waals surface area contributed by atoms with E-state index in [1.807, 2.05) is 14.0 Å². The van der Waals surface area contributed by atoms with Gasteiger partial charge in [-0.2, -0.15) is 0 Å². The van der Waals surface area contributed by atoms with Crippen molar-refractivity contribution in [2.75, 3.05) is 23.8 Å². The average Bonchev–Trinajstić information content (AvgIpc) is 2.47. The van der Waals surface area contributed by atoms with E-state index in [2.05, 4.69) is 25.3 Å². The van der Waals surface area contributed by atoms with Crippen molar-refractivity contribution in [2.45, 2.75) is 6.92 Å². The Morgan fingerprint density at radius 1 is 1.35 bits per heavy atom. The number of aromatic carboxylic acids is 1. The van der Waals surface area contributed by atoms with E-state index in [0.717, 1.165) is 0 Å². The molecule has 2 aromatic heterocycles. The van der Waals surface area contributed by atoms with Gasteiger partial charge in [-0.3, -0.25) is 0 Å². The van der Waals surface area contributed by atoms with Crippen molar-refractivity contribution in [3.63, 3.8) is 0 Å². The van der Waals surface area contributed by atoms with Crippen molar-refractivity contribution in [3.8, 4) is 0 Å². The van der Waals surface area contributed by atoms with Crippen LogP contribution >= 0.6 is 0 Å². The van der Waals surface area contributed by atoms with E-state index >= 15 is 0 Å². The van der Waals surface area contributed by atoms with Crippen LogP contribution < -0.4 is 10.2 Å². The number of aromatic nitrogens is 4. The minimum Gasteiger partial charge on any atom is -0.476 e. The summed E-state index contributed by atoms with van der Waals surface area (Å²) < 4.78 is 0. The first kappa shape index (κ1) is 13.7. The topological polar surface area (TPSA) is 104 Å². The maximum absolute atomic E-state index is 11.3. The summed E-state index contributed by atoms with van der Waals surface area (Å²) in [5.74, 6) is -0.497. The molecule has 0 aromatic carbocycles. The molecule has 0 amide bonds. The van der Waals surface area contributed by atoms with Gasteiger partial charge in [-0.05, 0) is 6.92 Å². The zero-order valence-corrected chi connectivity index (χ0v) is 11.1. The SMILES string of the molecule is CCN(C)c1cnc(Nc2cncnc2)c(C(=O)O)n1. The lowest BCUT2D eigenvalue weighted by molar-refractivity contribution is 0.0691. The average molecular weight is 274 g/mol. The van der Waals surface area contributed by atoms with Crippen molar-refractivity contribution in [3.05, 3.63) is 30.6 Å².